The average molecular weight is 571 g/mol. The van der Waals surface area contributed by atoms with Crippen LogP contribution in [0.4, 0.5) is 11.5 Å². The Morgan fingerprint density at radius 1 is 0.952 bits per heavy atom. The highest BCUT2D eigenvalue weighted by Crippen LogP contribution is 2.26. The number of aromatic nitrogens is 2. The van der Waals surface area contributed by atoms with Crippen LogP contribution >= 0.6 is 0 Å². The third kappa shape index (κ3) is 12.2. The maximum absolute atomic E-state index is 11.0. The number of benzene rings is 3. The number of ether oxygens (including phenoxy) is 2. The minimum Gasteiger partial charge on any atom is -0.497 e. The summed E-state index contributed by atoms with van der Waals surface area (Å²) in [6.07, 6.45) is 13.1. The lowest BCUT2D eigenvalue weighted by molar-refractivity contribution is -0.107. The molecule has 9 heteroatoms. The van der Waals surface area contributed by atoms with Gasteiger partial charge in [0.15, 0.2) is 0 Å². The number of anilines is 2. The lowest BCUT2D eigenvalue weighted by atomic mass is 10.2. The maximum atomic E-state index is 11.0. The smallest absolute Gasteiger partial charge is 0.356 e. The molecule has 0 bridgehead atoms. The minimum absolute atomic E-state index is 0.367. The summed E-state index contributed by atoms with van der Waals surface area (Å²) in [4.78, 5) is 33.9. The number of unbranched alkanes of at least 4 members (excludes halogenated alkanes) is 4. The second-order valence-electron chi connectivity index (χ2n) is 8.78. The molecule has 2 N–H and O–H groups in total. The first-order valence-corrected chi connectivity index (χ1v) is 13.5. The van der Waals surface area contributed by atoms with Gasteiger partial charge in [-0.1, -0.05) is 43.0 Å². The van der Waals surface area contributed by atoms with Gasteiger partial charge in [-0.25, -0.2) is 14.8 Å². The standard InChI is InChI=1S/C17H13N3O.C8H9NO2.C8H16O2/c1-3-12-5-4-6-13(9-12)20-17-15-8-7-14(21-2)10-16(15)18-11-19-17;1-9-11-8(10)7-5-3-2-4-6-7;1-10-8-6-4-2-3-5-7-9/h1,4-11H,2H3,(H,18,19,20);2-6,9H,1H3;7H,2-6,8H2,1H3. The lowest BCUT2D eigenvalue weighted by Gasteiger charge is -2.09. The fourth-order valence-electron chi connectivity index (χ4n) is 3.64. The van der Waals surface area contributed by atoms with Gasteiger partial charge < -0.3 is 24.4 Å². The van der Waals surface area contributed by atoms with Gasteiger partial charge in [-0.3, -0.25) is 0 Å². The molecule has 1 heterocycles. The van der Waals surface area contributed by atoms with Crippen molar-refractivity contribution in [3.8, 4) is 18.1 Å². The number of nitrogens with one attached hydrogen (secondary N) is 2. The van der Waals surface area contributed by atoms with Gasteiger partial charge in [-0.2, -0.15) is 5.48 Å². The Labute approximate surface area is 247 Å². The van der Waals surface area contributed by atoms with Crippen LogP contribution in [0.3, 0.4) is 0 Å². The number of aldehydes is 1. The topological polar surface area (TPSA) is 112 Å². The molecule has 0 fully saturated rings. The zero-order valence-corrected chi connectivity index (χ0v) is 24.3. The highest BCUT2D eigenvalue weighted by atomic mass is 16.7. The van der Waals surface area contributed by atoms with Gasteiger partial charge in [0.05, 0.1) is 18.2 Å². The molecule has 0 saturated heterocycles. The molecule has 9 nitrogen and oxygen atoms in total. The predicted molar refractivity (Wildman–Crippen MR) is 166 cm³/mol. The summed E-state index contributed by atoms with van der Waals surface area (Å²) >= 11 is 0. The van der Waals surface area contributed by atoms with E-state index in [2.05, 4.69) is 31.5 Å². The molecule has 220 valence electrons. The number of methoxy groups -OCH3 is 2. The number of terminal acetylenes is 1. The van der Waals surface area contributed by atoms with Gasteiger partial charge in [0.25, 0.3) is 0 Å². The molecule has 0 atom stereocenters. The van der Waals surface area contributed by atoms with Crippen molar-refractivity contribution in [2.45, 2.75) is 32.1 Å². The number of rotatable bonds is 12. The van der Waals surface area contributed by atoms with E-state index in [0.717, 1.165) is 65.9 Å². The monoisotopic (exact) mass is 570 g/mol. The Morgan fingerprint density at radius 3 is 2.43 bits per heavy atom. The van der Waals surface area contributed by atoms with Crippen molar-refractivity contribution in [2.75, 3.05) is 33.2 Å². The summed E-state index contributed by atoms with van der Waals surface area (Å²) in [5.41, 5.74) is 5.39. The van der Waals surface area contributed by atoms with Crippen molar-refractivity contribution >= 4 is 34.7 Å². The van der Waals surface area contributed by atoms with E-state index in [4.69, 9.17) is 15.9 Å². The zero-order valence-electron chi connectivity index (χ0n) is 24.3. The van der Waals surface area contributed by atoms with Crippen LogP contribution in [-0.4, -0.2) is 50.1 Å². The third-order valence-electron chi connectivity index (χ3n) is 5.76. The molecule has 0 unspecified atom stereocenters. The van der Waals surface area contributed by atoms with E-state index in [1.54, 1.807) is 45.5 Å². The lowest BCUT2D eigenvalue weighted by Crippen LogP contribution is -2.14. The molecule has 4 rings (SSSR count). The number of carbonyl (C=O) groups is 2. The molecule has 0 radical (unpaired) electrons. The Morgan fingerprint density at radius 2 is 1.74 bits per heavy atom. The van der Waals surface area contributed by atoms with Crippen LogP contribution in [0.25, 0.3) is 10.9 Å². The van der Waals surface area contributed by atoms with Crippen molar-refractivity contribution in [3.63, 3.8) is 0 Å². The van der Waals surface area contributed by atoms with E-state index >= 15 is 0 Å². The van der Waals surface area contributed by atoms with Gasteiger partial charge in [-0.15, -0.1) is 6.42 Å². The van der Waals surface area contributed by atoms with Gasteiger partial charge in [-0.05, 0) is 55.3 Å². The Kier molecular flexibility index (Phi) is 16.0. The molecular weight excluding hydrogens is 532 g/mol. The predicted octanol–water partition coefficient (Wildman–Crippen LogP) is 6.12. The van der Waals surface area contributed by atoms with Crippen molar-refractivity contribution in [3.05, 3.63) is 90.3 Å². The van der Waals surface area contributed by atoms with Crippen LogP contribution in [-0.2, 0) is 14.4 Å². The molecule has 0 aliphatic carbocycles. The molecule has 42 heavy (non-hydrogen) atoms. The number of hydroxylamine groups is 1. The summed E-state index contributed by atoms with van der Waals surface area (Å²) in [6.45, 7) is 0.848. The number of carbonyl (C=O) groups excluding carboxylic acids is 2. The first-order chi connectivity index (χ1) is 20.6. The van der Waals surface area contributed by atoms with Crippen molar-refractivity contribution in [2.24, 2.45) is 0 Å². The van der Waals surface area contributed by atoms with E-state index in [1.807, 2.05) is 48.5 Å². The maximum Gasteiger partial charge on any atom is 0.356 e. The molecule has 0 saturated carbocycles. The highest BCUT2D eigenvalue weighted by molar-refractivity contribution is 5.91. The van der Waals surface area contributed by atoms with Gasteiger partial charge in [0.1, 0.15) is 24.2 Å². The summed E-state index contributed by atoms with van der Waals surface area (Å²) < 4.78 is 10.1. The van der Waals surface area contributed by atoms with Crippen molar-refractivity contribution in [1.82, 2.24) is 15.4 Å². The summed E-state index contributed by atoms with van der Waals surface area (Å²) in [5.74, 6) is 3.75. The second kappa shape index (κ2) is 20.2. The fraction of sp³-hybridized carbons (Fsp3) is 0.273. The first kappa shape index (κ1) is 33.4. The SMILES string of the molecule is C#Cc1cccc(Nc2ncnc3cc(OC)ccc23)c1.CNOC(=O)c1ccccc1.COCCCCCCC=O. The van der Waals surface area contributed by atoms with Crippen molar-refractivity contribution < 1.29 is 23.9 Å². The van der Waals surface area contributed by atoms with Crippen molar-refractivity contribution in [1.29, 1.82) is 0 Å². The highest BCUT2D eigenvalue weighted by Gasteiger charge is 2.06. The van der Waals surface area contributed by atoms with Gasteiger partial charge >= 0.3 is 5.97 Å². The average Bonchev–Trinajstić information content (AvgIpc) is 3.04. The summed E-state index contributed by atoms with van der Waals surface area (Å²) in [5, 5.41) is 4.19. The number of hydrogen-bond donors (Lipinski definition) is 2. The Bertz CT molecular complexity index is 1410. The molecule has 0 aliphatic rings. The summed E-state index contributed by atoms with van der Waals surface area (Å²) in [6, 6.07) is 22.1. The number of nitrogens with zero attached hydrogens (tertiary/aromatic N) is 2. The second-order valence-corrected chi connectivity index (χ2v) is 8.78. The quantitative estimate of drug-likeness (QED) is 0.0900. The van der Waals surface area contributed by atoms with E-state index in [1.165, 1.54) is 12.7 Å². The molecule has 1 aromatic heterocycles. The Hall–Kier alpha value is -4.78. The van der Waals surface area contributed by atoms with Crippen LogP contribution in [0.2, 0.25) is 0 Å². The van der Waals surface area contributed by atoms with Crippen LogP contribution in [0.5, 0.6) is 5.75 Å². The van der Waals surface area contributed by atoms with E-state index < -0.39 is 0 Å². The van der Waals surface area contributed by atoms with E-state index in [0.29, 0.717) is 12.0 Å². The molecule has 0 spiro atoms. The fourth-order valence-corrected chi connectivity index (χ4v) is 3.64. The Balaban J connectivity index is 0.000000248. The first-order valence-electron chi connectivity index (χ1n) is 13.5. The zero-order chi connectivity index (χ0) is 30.4. The number of fused-ring (bicyclic) bond motifs is 1. The third-order valence-corrected chi connectivity index (χ3v) is 5.76. The van der Waals surface area contributed by atoms with E-state index in [-0.39, 0.29) is 5.97 Å². The molecule has 0 aliphatic heterocycles. The largest absolute Gasteiger partial charge is 0.497 e. The summed E-state index contributed by atoms with van der Waals surface area (Å²) in [7, 11) is 4.89. The molecule has 0 amide bonds. The molecular formula is C33H38N4O5. The molecule has 3 aromatic carbocycles. The van der Waals surface area contributed by atoms with Gasteiger partial charge in [0, 0.05) is 49.9 Å². The normalized spacial score (nSPS) is 9.76. The van der Waals surface area contributed by atoms with Crippen LogP contribution in [0.1, 0.15) is 48.0 Å². The van der Waals surface area contributed by atoms with E-state index in [9.17, 15) is 9.59 Å². The molecule has 4 aromatic rings. The van der Waals surface area contributed by atoms with Crippen LogP contribution in [0.15, 0.2) is 79.1 Å². The minimum atomic E-state index is -0.367. The number of hydrogen-bond acceptors (Lipinski definition) is 9. The van der Waals surface area contributed by atoms with Gasteiger partial charge in [0.2, 0.25) is 0 Å². The van der Waals surface area contributed by atoms with Crippen LogP contribution < -0.4 is 15.5 Å². The van der Waals surface area contributed by atoms with Crippen LogP contribution in [0, 0.1) is 12.3 Å².